The van der Waals surface area contributed by atoms with Gasteiger partial charge in [-0.05, 0) is 17.8 Å². The summed E-state index contributed by atoms with van der Waals surface area (Å²) in [6.07, 6.45) is -0.138. The van der Waals surface area contributed by atoms with Crippen LogP contribution in [0.2, 0.25) is 0 Å². The third-order valence-electron chi connectivity index (χ3n) is 2.45. The molecule has 0 aliphatic rings. The van der Waals surface area contributed by atoms with E-state index in [-0.39, 0.29) is 6.17 Å². The molecule has 0 aliphatic carbocycles. The fourth-order valence-electron chi connectivity index (χ4n) is 1.73. The molecule has 1 atom stereocenters. The average Bonchev–Trinajstić information content (AvgIpc) is 2.37. The second kappa shape index (κ2) is 8.06. The van der Waals surface area contributed by atoms with E-state index >= 15 is 0 Å². The normalized spacial score (nSPS) is 12.2. The number of thiocarbonyl (C=S) groups is 1. The zero-order valence-corrected chi connectivity index (χ0v) is 10.6. The Morgan fingerprint density at radius 2 is 1.76 bits per heavy atom. The van der Waals surface area contributed by atoms with E-state index in [1.807, 2.05) is 30.3 Å². The number of isothiocyanates is 1. The van der Waals surface area contributed by atoms with Crippen LogP contribution in [0.25, 0.3) is 0 Å². The van der Waals surface area contributed by atoms with Gasteiger partial charge in [-0.1, -0.05) is 30.3 Å². The molecule has 0 spiro atoms. The molecule has 92 valence electrons. The number of hydrogen-bond acceptors (Lipinski definition) is 5. The second-order valence-corrected chi connectivity index (χ2v) is 3.80. The van der Waals surface area contributed by atoms with Crippen molar-refractivity contribution in [2.75, 3.05) is 26.2 Å². The third kappa shape index (κ3) is 4.34. The Hall–Kier alpha value is -1.10. The molecule has 4 nitrogen and oxygen atoms in total. The quantitative estimate of drug-likeness (QED) is 0.560. The van der Waals surface area contributed by atoms with Gasteiger partial charge < -0.3 is 11.5 Å². The second-order valence-electron chi connectivity index (χ2n) is 3.62. The molecule has 0 saturated heterocycles. The first-order valence-corrected chi connectivity index (χ1v) is 6.00. The zero-order valence-electron chi connectivity index (χ0n) is 9.75. The summed E-state index contributed by atoms with van der Waals surface area (Å²) >= 11 is 4.71. The number of aliphatic imine (C=N–C) groups is 1. The van der Waals surface area contributed by atoms with E-state index in [9.17, 15) is 0 Å². The molecule has 0 bridgehead atoms. The maximum atomic E-state index is 5.60. The maximum absolute atomic E-state index is 5.60. The number of rotatable bonds is 7. The van der Waals surface area contributed by atoms with Crippen LogP contribution in [0, 0.1) is 0 Å². The van der Waals surface area contributed by atoms with Crippen molar-refractivity contribution < 1.29 is 0 Å². The van der Waals surface area contributed by atoms with Gasteiger partial charge in [0.2, 0.25) is 0 Å². The fourth-order valence-corrected chi connectivity index (χ4v) is 1.83. The highest BCUT2D eigenvalue weighted by Crippen LogP contribution is 2.20. The Morgan fingerprint density at radius 1 is 1.18 bits per heavy atom. The van der Waals surface area contributed by atoms with Crippen LogP contribution in [0.5, 0.6) is 0 Å². The highest BCUT2D eigenvalue weighted by Gasteiger charge is 2.17. The van der Waals surface area contributed by atoms with Gasteiger partial charge in [0, 0.05) is 26.2 Å². The molecule has 0 heterocycles. The number of hydrogen-bond donors (Lipinski definition) is 2. The molecule has 17 heavy (non-hydrogen) atoms. The lowest BCUT2D eigenvalue weighted by molar-refractivity contribution is 0.216. The van der Waals surface area contributed by atoms with Crippen molar-refractivity contribution in [3.8, 4) is 0 Å². The maximum Gasteiger partial charge on any atom is 0.138 e. The van der Waals surface area contributed by atoms with Crippen molar-refractivity contribution in [1.29, 1.82) is 0 Å². The average molecular weight is 250 g/mol. The van der Waals surface area contributed by atoms with Gasteiger partial charge in [0.05, 0.1) is 5.16 Å². The third-order valence-corrected chi connectivity index (χ3v) is 2.56. The number of benzene rings is 1. The van der Waals surface area contributed by atoms with Crippen molar-refractivity contribution in [2.24, 2.45) is 16.5 Å². The zero-order chi connectivity index (χ0) is 12.5. The van der Waals surface area contributed by atoms with Gasteiger partial charge >= 0.3 is 0 Å². The Kier molecular flexibility index (Phi) is 6.62. The number of nitrogens with two attached hydrogens (primary N) is 2. The molecule has 0 radical (unpaired) electrons. The minimum Gasteiger partial charge on any atom is -0.329 e. The molecule has 0 saturated carbocycles. The van der Waals surface area contributed by atoms with Gasteiger partial charge in [0.1, 0.15) is 6.17 Å². The lowest BCUT2D eigenvalue weighted by Gasteiger charge is -2.27. The minimum atomic E-state index is -0.138. The molecule has 0 fully saturated rings. The van der Waals surface area contributed by atoms with Gasteiger partial charge in [-0.15, -0.1) is 0 Å². The van der Waals surface area contributed by atoms with Crippen molar-refractivity contribution in [1.82, 2.24) is 4.90 Å². The van der Waals surface area contributed by atoms with Crippen LogP contribution in [-0.2, 0) is 0 Å². The first-order valence-electron chi connectivity index (χ1n) is 5.59. The summed E-state index contributed by atoms with van der Waals surface area (Å²) in [4.78, 5) is 6.32. The monoisotopic (exact) mass is 250 g/mol. The largest absolute Gasteiger partial charge is 0.329 e. The van der Waals surface area contributed by atoms with Crippen molar-refractivity contribution in [3.63, 3.8) is 0 Å². The summed E-state index contributed by atoms with van der Waals surface area (Å²) in [6.45, 7) is 2.60. The van der Waals surface area contributed by atoms with Gasteiger partial charge in [-0.2, -0.15) is 0 Å². The summed E-state index contributed by atoms with van der Waals surface area (Å²) < 4.78 is 0. The molecular weight excluding hydrogens is 232 g/mol. The molecule has 0 aliphatic heterocycles. The summed E-state index contributed by atoms with van der Waals surface area (Å²) in [5.41, 5.74) is 12.3. The van der Waals surface area contributed by atoms with Crippen LogP contribution in [0.4, 0.5) is 0 Å². The Morgan fingerprint density at radius 3 is 2.24 bits per heavy atom. The van der Waals surface area contributed by atoms with Crippen molar-refractivity contribution >= 4 is 17.4 Å². The summed E-state index contributed by atoms with van der Waals surface area (Å²) in [6, 6.07) is 9.95. The van der Waals surface area contributed by atoms with E-state index in [4.69, 9.17) is 23.7 Å². The van der Waals surface area contributed by atoms with E-state index in [0.717, 1.165) is 18.7 Å². The first-order chi connectivity index (χ1) is 8.33. The fraction of sp³-hybridized carbons (Fsp3) is 0.417. The Labute approximate surface area is 107 Å². The van der Waals surface area contributed by atoms with Gasteiger partial charge in [-0.25, -0.2) is 4.99 Å². The summed E-state index contributed by atoms with van der Waals surface area (Å²) in [5.74, 6) is 0. The molecule has 1 unspecified atom stereocenters. The van der Waals surface area contributed by atoms with Crippen LogP contribution < -0.4 is 11.5 Å². The molecule has 1 aromatic carbocycles. The smallest absolute Gasteiger partial charge is 0.138 e. The standard InChI is InChI=1S/C12H18N4S/c13-6-8-16(9-7-14)12(15-10-17)11-4-2-1-3-5-11/h1-5,12H,6-9,13-14H2. The molecular formula is C12H18N4S. The molecule has 4 N–H and O–H groups in total. The highest BCUT2D eigenvalue weighted by molar-refractivity contribution is 7.78. The molecule has 0 aromatic heterocycles. The van der Waals surface area contributed by atoms with E-state index in [0.29, 0.717) is 13.1 Å². The van der Waals surface area contributed by atoms with Crippen LogP contribution in [0.3, 0.4) is 0 Å². The Bertz CT molecular complexity index is 356. The van der Waals surface area contributed by atoms with E-state index in [2.05, 4.69) is 15.1 Å². The first kappa shape index (κ1) is 14.0. The van der Waals surface area contributed by atoms with Crippen molar-refractivity contribution in [3.05, 3.63) is 35.9 Å². The molecule has 0 amide bonds. The molecule has 1 aromatic rings. The van der Waals surface area contributed by atoms with Gasteiger partial charge in [0.25, 0.3) is 0 Å². The van der Waals surface area contributed by atoms with Gasteiger partial charge in [-0.3, -0.25) is 4.90 Å². The van der Waals surface area contributed by atoms with Crippen LogP contribution in [0.1, 0.15) is 11.7 Å². The lowest BCUT2D eigenvalue weighted by atomic mass is 10.1. The van der Waals surface area contributed by atoms with Crippen LogP contribution >= 0.6 is 12.2 Å². The summed E-state index contributed by atoms with van der Waals surface area (Å²) in [5, 5.41) is 2.45. The molecule has 5 heteroatoms. The molecule has 1 rings (SSSR count). The van der Waals surface area contributed by atoms with E-state index in [1.165, 1.54) is 0 Å². The van der Waals surface area contributed by atoms with Crippen molar-refractivity contribution in [2.45, 2.75) is 6.17 Å². The highest BCUT2D eigenvalue weighted by atomic mass is 32.1. The topological polar surface area (TPSA) is 67.6 Å². The summed E-state index contributed by atoms with van der Waals surface area (Å²) in [7, 11) is 0. The number of nitrogens with zero attached hydrogens (tertiary/aromatic N) is 2. The predicted octanol–water partition coefficient (Wildman–Crippen LogP) is 1.01. The van der Waals surface area contributed by atoms with E-state index < -0.39 is 0 Å². The SMILES string of the molecule is NCCN(CCN)C(N=C=S)c1ccccc1. The minimum absolute atomic E-state index is 0.138. The predicted molar refractivity (Wildman–Crippen MR) is 73.9 cm³/mol. The Balaban J connectivity index is 2.93. The van der Waals surface area contributed by atoms with Crippen LogP contribution in [-0.4, -0.2) is 36.2 Å². The van der Waals surface area contributed by atoms with Crippen LogP contribution in [0.15, 0.2) is 35.3 Å². The van der Waals surface area contributed by atoms with Gasteiger partial charge in [0.15, 0.2) is 0 Å². The lowest BCUT2D eigenvalue weighted by Crippen LogP contribution is -2.36. The van der Waals surface area contributed by atoms with E-state index in [1.54, 1.807) is 0 Å².